The molecule has 1 aliphatic rings. The fourth-order valence-corrected chi connectivity index (χ4v) is 5.33. The molecule has 5 rings (SSSR count). The van der Waals surface area contributed by atoms with Gasteiger partial charge in [-0.15, -0.1) is 5.10 Å². The predicted octanol–water partition coefficient (Wildman–Crippen LogP) is 6.24. The largest absolute Gasteiger partial charge is 0.383 e. The summed E-state index contributed by atoms with van der Waals surface area (Å²) in [4.78, 5) is 6.92. The minimum absolute atomic E-state index is 0.0414. The molecular weight excluding hydrogens is 541 g/mol. The van der Waals surface area contributed by atoms with Gasteiger partial charge in [-0.2, -0.15) is 10.5 Å². The number of halogens is 1. The first-order chi connectivity index (χ1) is 20.4. The van der Waals surface area contributed by atoms with Crippen molar-refractivity contribution in [2.24, 2.45) is 5.41 Å². The molecule has 2 aromatic heterocycles. The molecule has 0 saturated carbocycles. The van der Waals surface area contributed by atoms with Crippen LogP contribution >= 0.6 is 0 Å². The zero-order valence-corrected chi connectivity index (χ0v) is 25.6. The highest BCUT2D eigenvalue weighted by atomic mass is 19.1. The van der Waals surface area contributed by atoms with E-state index in [1.54, 1.807) is 18.2 Å². The van der Waals surface area contributed by atoms with E-state index < -0.39 is 6.04 Å². The molecule has 1 saturated heterocycles. The summed E-state index contributed by atoms with van der Waals surface area (Å²) in [6.07, 6.45) is 4.40. The molecule has 10 heteroatoms. The Bertz CT molecular complexity index is 1700. The second-order valence-corrected chi connectivity index (χ2v) is 13.4. The van der Waals surface area contributed by atoms with Crippen LogP contribution in [0.15, 0.2) is 48.8 Å². The summed E-state index contributed by atoms with van der Waals surface area (Å²) in [6.45, 7) is 15.4. The molecule has 1 aliphatic heterocycles. The Morgan fingerprint density at radius 3 is 2.40 bits per heavy atom. The van der Waals surface area contributed by atoms with Crippen LogP contribution in [0, 0.1) is 33.9 Å². The van der Waals surface area contributed by atoms with E-state index in [0.717, 1.165) is 25.1 Å². The molecule has 3 heterocycles. The highest BCUT2D eigenvalue weighted by Gasteiger charge is 2.41. The fraction of sp³-hybridized carbons (Fsp3) is 0.424. The predicted molar refractivity (Wildman–Crippen MR) is 166 cm³/mol. The number of nitrogens with one attached hydrogen (secondary N) is 2. The van der Waals surface area contributed by atoms with Crippen LogP contribution in [0.3, 0.4) is 0 Å². The van der Waals surface area contributed by atoms with Crippen molar-refractivity contribution in [3.8, 4) is 12.1 Å². The molecule has 0 spiro atoms. The third-order valence-electron chi connectivity index (χ3n) is 7.64. The maximum atomic E-state index is 13.9. The highest BCUT2D eigenvalue weighted by molar-refractivity contribution is 5.99. The number of nitriles is 2. The Morgan fingerprint density at radius 1 is 1.05 bits per heavy atom. The summed E-state index contributed by atoms with van der Waals surface area (Å²) in [5.74, 6) is -0.332. The molecule has 4 aromatic rings. The van der Waals surface area contributed by atoms with Crippen molar-refractivity contribution in [2.75, 3.05) is 23.7 Å². The monoisotopic (exact) mass is 579 g/mol. The van der Waals surface area contributed by atoms with Crippen molar-refractivity contribution in [1.29, 1.82) is 10.5 Å². The smallest absolute Gasteiger partial charge is 0.123 e. The number of benzene rings is 2. The van der Waals surface area contributed by atoms with E-state index in [0.29, 0.717) is 51.7 Å². The molecule has 222 valence electrons. The van der Waals surface area contributed by atoms with Gasteiger partial charge in [-0.1, -0.05) is 38.1 Å². The van der Waals surface area contributed by atoms with Crippen LogP contribution in [-0.2, 0) is 6.54 Å². The van der Waals surface area contributed by atoms with Gasteiger partial charge in [0.1, 0.15) is 23.6 Å². The van der Waals surface area contributed by atoms with Crippen molar-refractivity contribution in [3.63, 3.8) is 0 Å². The normalized spacial score (nSPS) is 17.2. The van der Waals surface area contributed by atoms with Crippen LogP contribution in [0.2, 0.25) is 0 Å². The number of aromatic nitrogens is 4. The molecule has 3 atom stereocenters. The van der Waals surface area contributed by atoms with E-state index >= 15 is 0 Å². The minimum atomic E-state index is -0.469. The number of aryl methyl sites for hydroxylation is 1. The zero-order chi connectivity index (χ0) is 30.9. The second-order valence-electron chi connectivity index (χ2n) is 13.4. The molecule has 1 fully saturated rings. The lowest BCUT2D eigenvalue weighted by Gasteiger charge is -2.22. The van der Waals surface area contributed by atoms with Crippen LogP contribution in [0.1, 0.15) is 76.4 Å². The fourth-order valence-electron chi connectivity index (χ4n) is 5.33. The van der Waals surface area contributed by atoms with Gasteiger partial charge in [-0.05, 0) is 62.4 Å². The number of pyridine rings is 1. The number of hydrogen-bond acceptors (Lipinski definition) is 8. The van der Waals surface area contributed by atoms with Gasteiger partial charge in [0, 0.05) is 48.5 Å². The maximum absolute atomic E-state index is 13.9. The standard InChI is InChI=1S/C33H38FN9/c1-32(2,3)20-38-30-23(16-36)17-37-29-22(15-35)13-25(14-27(29)30)39-31(21-7-9-24(34)10-8-21)28-19-42(41-40-28)12-11-26-18-43(26)33(4,5)6/h7-10,13-14,17,19,26,31,39H,11-12,18,20H2,1-6H3,(H,37,38)/t26?,31-,43?/m0/s1. The average molecular weight is 580 g/mol. The lowest BCUT2D eigenvalue weighted by Crippen LogP contribution is -2.27. The topological polar surface area (TPSA) is 118 Å². The lowest BCUT2D eigenvalue weighted by atomic mass is 9.96. The molecule has 9 nitrogen and oxygen atoms in total. The quantitative estimate of drug-likeness (QED) is 0.224. The van der Waals surface area contributed by atoms with Gasteiger partial charge in [0.25, 0.3) is 0 Å². The number of anilines is 2. The summed E-state index contributed by atoms with van der Waals surface area (Å²) in [7, 11) is 0. The Hall–Kier alpha value is -4.54. The molecule has 2 unspecified atom stereocenters. The number of fused-ring (bicyclic) bond motifs is 1. The van der Waals surface area contributed by atoms with Gasteiger partial charge in [0.2, 0.25) is 0 Å². The lowest BCUT2D eigenvalue weighted by molar-refractivity contribution is 0.278. The van der Waals surface area contributed by atoms with Gasteiger partial charge < -0.3 is 10.6 Å². The van der Waals surface area contributed by atoms with Crippen LogP contribution in [0.4, 0.5) is 15.8 Å². The maximum Gasteiger partial charge on any atom is 0.123 e. The SMILES string of the molecule is CC(C)(C)CNc1c(C#N)cnc2c(C#N)cc(N[C@@H](c3ccc(F)cc3)c3cn(CCC4CN4C(C)(C)C)nn3)cc12. The van der Waals surface area contributed by atoms with E-state index in [4.69, 9.17) is 0 Å². The Kier molecular flexibility index (Phi) is 8.09. The van der Waals surface area contributed by atoms with Gasteiger partial charge in [-0.25, -0.2) is 4.39 Å². The van der Waals surface area contributed by atoms with Crippen LogP contribution in [0.25, 0.3) is 10.9 Å². The van der Waals surface area contributed by atoms with Gasteiger partial charge in [0.15, 0.2) is 0 Å². The van der Waals surface area contributed by atoms with Crippen molar-refractivity contribution in [3.05, 3.63) is 77.0 Å². The van der Waals surface area contributed by atoms with Crippen molar-refractivity contribution in [2.45, 2.75) is 72.1 Å². The molecular formula is C33H38FN9. The first-order valence-corrected chi connectivity index (χ1v) is 14.6. The van der Waals surface area contributed by atoms with Gasteiger partial charge in [0.05, 0.1) is 34.6 Å². The number of nitrogens with zero attached hydrogens (tertiary/aromatic N) is 7. The third-order valence-corrected chi connectivity index (χ3v) is 7.64. The summed E-state index contributed by atoms with van der Waals surface area (Å²) in [5.41, 5.74) is 4.14. The highest BCUT2D eigenvalue weighted by Crippen LogP contribution is 2.35. The van der Waals surface area contributed by atoms with E-state index in [9.17, 15) is 14.9 Å². The summed E-state index contributed by atoms with van der Waals surface area (Å²) in [6, 6.07) is 14.5. The van der Waals surface area contributed by atoms with Crippen molar-refractivity contribution < 1.29 is 4.39 Å². The summed E-state index contributed by atoms with van der Waals surface area (Å²) in [5, 5.41) is 36.4. The Morgan fingerprint density at radius 2 is 1.77 bits per heavy atom. The minimum Gasteiger partial charge on any atom is -0.383 e. The van der Waals surface area contributed by atoms with Crippen molar-refractivity contribution in [1.82, 2.24) is 24.9 Å². The molecule has 0 radical (unpaired) electrons. The van der Waals surface area contributed by atoms with Crippen LogP contribution in [-0.4, -0.2) is 49.5 Å². The van der Waals surface area contributed by atoms with Crippen LogP contribution < -0.4 is 10.6 Å². The number of hydrogen-bond donors (Lipinski definition) is 2. The summed E-state index contributed by atoms with van der Waals surface area (Å²) >= 11 is 0. The summed E-state index contributed by atoms with van der Waals surface area (Å²) < 4.78 is 15.7. The van der Waals surface area contributed by atoms with E-state index in [1.807, 2.05) is 16.9 Å². The first kappa shape index (κ1) is 29.9. The van der Waals surface area contributed by atoms with E-state index in [1.165, 1.54) is 18.3 Å². The molecule has 0 amide bonds. The van der Waals surface area contributed by atoms with Gasteiger partial charge >= 0.3 is 0 Å². The molecule has 2 N–H and O–H groups in total. The van der Waals surface area contributed by atoms with Crippen molar-refractivity contribution >= 4 is 22.3 Å². The molecule has 0 bridgehead atoms. The molecule has 43 heavy (non-hydrogen) atoms. The first-order valence-electron chi connectivity index (χ1n) is 14.6. The molecule has 0 aliphatic carbocycles. The Labute approximate surface area is 252 Å². The van der Waals surface area contributed by atoms with Gasteiger partial charge in [-0.3, -0.25) is 14.6 Å². The Balaban J connectivity index is 1.49. The average Bonchev–Trinajstić information content (AvgIpc) is 3.62. The van der Waals surface area contributed by atoms with E-state index in [2.05, 4.69) is 84.5 Å². The zero-order valence-electron chi connectivity index (χ0n) is 25.6. The van der Waals surface area contributed by atoms with Crippen LogP contribution in [0.5, 0.6) is 0 Å². The third kappa shape index (κ3) is 6.93. The number of rotatable bonds is 9. The molecule has 2 aromatic carbocycles. The van der Waals surface area contributed by atoms with E-state index in [-0.39, 0.29) is 16.8 Å². The second kappa shape index (κ2) is 11.6.